The summed E-state index contributed by atoms with van der Waals surface area (Å²) in [6.45, 7) is 0. The third-order valence-corrected chi connectivity index (χ3v) is 12.4. The summed E-state index contributed by atoms with van der Waals surface area (Å²) < 4.78 is 8.69. The molecule has 0 spiro atoms. The number of anilines is 3. The van der Waals surface area contributed by atoms with Crippen LogP contribution in [-0.2, 0) is 0 Å². The molecule has 0 bridgehead atoms. The molecular formula is C57H35N5O. The molecule has 0 aliphatic carbocycles. The Morgan fingerprint density at radius 3 is 1.92 bits per heavy atom. The second-order valence-corrected chi connectivity index (χ2v) is 16.0. The lowest BCUT2D eigenvalue weighted by Crippen LogP contribution is -2.13. The predicted molar refractivity (Wildman–Crippen MR) is 257 cm³/mol. The van der Waals surface area contributed by atoms with Crippen LogP contribution < -0.4 is 4.90 Å². The summed E-state index contributed by atoms with van der Waals surface area (Å²) >= 11 is 0. The molecule has 0 saturated heterocycles. The van der Waals surface area contributed by atoms with Gasteiger partial charge in [-0.05, 0) is 71.4 Å². The number of pyridine rings is 1. The van der Waals surface area contributed by atoms with Crippen molar-refractivity contribution in [2.45, 2.75) is 0 Å². The molecule has 0 fully saturated rings. The van der Waals surface area contributed by atoms with Crippen LogP contribution in [0.2, 0.25) is 0 Å². The van der Waals surface area contributed by atoms with Crippen molar-refractivity contribution in [3.63, 3.8) is 0 Å². The average Bonchev–Trinajstić information content (AvgIpc) is 3.86. The van der Waals surface area contributed by atoms with Crippen LogP contribution in [0.1, 0.15) is 0 Å². The minimum Gasteiger partial charge on any atom is -0.456 e. The summed E-state index contributed by atoms with van der Waals surface area (Å²) in [5.41, 5.74) is 16.8. The molecule has 6 nitrogen and oxygen atoms in total. The monoisotopic (exact) mass is 805 g/mol. The van der Waals surface area contributed by atoms with Crippen molar-refractivity contribution in [2.75, 3.05) is 4.90 Å². The largest absolute Gasteiger partial charge is 0.456 e. The second kappa shape index (κ2) is 14.0. The molecule has 294 valence electrons. The normalized spacial score (nSPS) is 12.1. The van der Waals surface area contributed by atoms with Crippen molar-refractivity contribution >= 4 is 60.8 Å². The van der Waals surface area contributed by atoms with Gasteiger partial charge in [-0.25, -0.2) is 9.97 Å². The van der Waals surface area contributed by atoms with Crippen LogP contribution in [0.4, 0.5) is 17.1 Å². The fourth-order valence-corrected chi connectivity index (χ4v) is 9.65. The quantitative estimate of drug-likeness (QED) is 0.173. The molecule has 12 aromatic rings. The maximum atomic E-state index is 6.30. The fourth-order valence-electron chi connectivity index (χ4n) is 9.65. The zero-order chi connectivity index (χ0) is 41.4. The number of hydrogen-bond donors (Lipinski definition) is 0. The SMILES string of the molecule is c1ccc(-c2cc(-c3ccccc3N3c4ccccc4-c4c(n(-c5ccc6oc7ccccc7c6c5)c5cccnc45)-c4ccccc43)nc(-c3cccc4ccccc34)n2)cc1. The molecule has 0 atom stereocenters. The Balaban J connectivity index is 1.07. The van der Waals surface area contributed by atoms with Gasteiger partial charge in [0.15, 0.2) is 5.82 Å². The molecule has 63 heavy (non-hydrogen) atoms. The first-order chi connectivity index (χ1) is 31.3. The first-order valence-electron chi connectivity index (χ1n) is 21.2. The highest BCUT2D eigenvalue weighted by Gasteiger charge is 2.33. The van der Waals surface area contributed by atoms with Gasteiger partial charge >= 0.3 is 0 Å². The van der Waals surface area contributed by atoms with Gasteiger partial charge in [-0.2, -0.15) is 0 Å². The lowest BCUT2D eigenvalue weighted by molar-refractivity contribution is 0.669. The van der Waals surface area contributed by atoms with Crippen LogP contribution in [0, 0.1) is 0 Å². The van der Waals surface area contributed by atoms with Gasteiger partial charge in [-0.15, -0.1) is 0 Å². The Labute approximate surface area is 362 Å². The van der Waals surface area contributed by atoms with E-state index in [0.717, 1.165) is 117 Å². The Bertz CT molecular complexity index is 3770. The van der Waals surface area contributed by atoms with Crippen molar-refractivity contribution in [1.29, 1.82) is 0 Å². The number of hydrogen-bond acceptors (Lipinski definition) is 5. The van der Waals surface area contributed by atoms with E-state index in [-0.39, 0.29) is 0 Å². The van der Waals surface area contributed by atoms with E-state index in [1.807, 2.05) is 30.5 Å². The summed E-state index contributed by atoms with van der Waals surface area (Å²) in [4.78, 5) is 18.3. The summed E-state index contributed by atoms with van der Waals surface area (Å²) in [6, 6.07) is 72.4. The predicted octanol–water partition coefficient (Wildman–Crippen LogP) is 15.0. The number of para-hydroxylation sites is 4. The minimum atomic E-state index is 0.677. The van der Waals surface area contributed by atoms with Gasteiger partial charge in [0.25, 0.3) is 0 Å². The van der Waals surface area contributed by atoms with Crippen LogP contribution in [0.15, 0.2) is 217 Å². The first kappa shape index (κ1) is 35.2. The number of benzene rings is 8. The van der Waals surface area contributed by atoms with E-state index in [9.17, 15) is 0 Å². The van der Waals surface area contributed by atoms with Gasteiger partial charge in [0.1, 0.15) is 11.2 Å². The zero-order valence-corrected chi connectivity index (χ0v) is 33.9. The van der Waals surface area contributed by atoms with Crippen molar-refractivity contribution in [1.82, 2.24) is 19.5 Å². The van der Waals surface area contributed by atoms with Gasteiger partial charge in [-0.1, -0.05) is 146 Å². The average molecular weight is 806 g/mol. The Morgan fingerprint density at radius 2 is 1.06 bits per heavy atom. The molecule has 4 aromatic heterocycles. The van der Waals surface area contributed by atoms with Crippen LogP contribution in [0.5, 0.6) is 0 Å². The molecular weight excluding hydrogens is 771 g/mol. The third kappa shape index (κ3) is 5.48. The van der Waals surface area contributed by atoms with E-state index in [2.05, 4.69) is 191 Å². The van der Waals surface area contributed by atoms with Crippen LogP contribution >= 0.6 is 0 Å². The lowest BCUT2D eigenvalue weighted by atomic mass is 10.00. The number of rotatable bonds is 5. The van der Waals surface area contributed by atoms with Gasteiger partial charge in [-0.3, -0.25) is 4.98 Å². The van der Waals surface area contributed by atoms with Crippen molar-refractivity contribution in [3.8, 4) is 62.0 Å². The molecule has 1 aliphatic rings. The van der Waals surface area contributed by atoms with Crippen LogP contribution in [0.25, 0.3) is 106 Å². The third-order valence-electron chi connectivity index (χ3n) is 12.4. The van der Waals surface area contributed by atoms with Crippen molar-refractivity contribution in [2.24, 2.45) is 0 Å². The maximum absolute atomic E-state index is 6.30. The number of fused-ring (bicyclic) bond motifs is 11. The maximum Gasteiger partial charge on any atom is 0.161 e. The van der Waals surface area contributed by atoms with Crippen LogP contribution in [-0.4, -0.2) is 19.5 Å². The molecule has 0 radical (unpaired) electrons. The summed E-state index contributed by atoms with van der Waals surface area (Å²) in [5, 5.41) is 4.42. The van der Waals surface area contributed by atoms with Gasteiger partial charge in [0.2, 0.25) is 0 Å². The molecule has 8 aromatic carbocycles. The fraction of sp³-hybridized carbons (Fsp3) is 0. The summed E-state index contributed by atoms with van der Waals surface area (Å²) in [6.07, 6.45) is 1.90. The summed E-state index contributed by atoms with van der Waals surface area (Å²) in [5.74, 6) is 0.677. The van der Waals surface area contributed by atoms with Gasteiger partial charge in [0.05, 0.1) is 45.2 Å². The minimum absolute atomic E-state index is 0.677. The van der Waals surface area contributed by atoms with E-state index in [1.165, 1.54) is 0 Å². The lowest BCUT2D eigenvalue weighted by Gasteiger charge is -2.29. The van der Waals surface area contributed by atoms with Crippen molar-refractivity contribution < 1.29 is 4.42 Å². The number of aromatic nitrogens is 4. The van der Waals surface area contributed by atoms with Gasteiger partial charge < -0.3 is 13.9 Å². The van der Waals surface area contributed by atoms with E-state index >= 15 is 0 Å². The number of furan rings is 1. The highest BCUT2D eigenvalue weighted by Crippen LogP contribution is 2.55. The molecule has 13 rings (SSSR count). The standard InChI is InChI=1S/C57H35N5O/c1-2-17-37(18-3-1)46-35-47(60-57(59-46)41-25-14-19-36-16-4-5-20-39(36)41)42-22-6-10-26-48(42)62-49-27-11-7-23-43(49)54-55-51(29-15-33-58-55)61(56(54)44-24-8-12-28-50(44)62)38-31-32-53-45(34-38)40-21-9-13-30-52(40)63-53/h1-35H. The topological polar surface area (TPSA) is 60.0 Å². The Hall–Kier alpha value is -8.61. The molecule has 5 heterocycles. The van der Waals surface area contributed by atoms with E-state index in [4.69, 9.17) is 19.4 Å². The first-order valence-corrected chi connectivity index (χ1v) is 21.2. The smallest absolute Gasteiger partial charge is 0.161 e. The van der Waals surface area contributed by atoms with E-state index < -0.39 is 0 Å². The molecule has 0 saturated carbocycles. The Kier molecular flexibility index (Phi) is 7.80. The van der Waals surface area contributed by atoms with E-state index in [0.29, 0.717) is 5.82 Å². The molecule has 0 N–H and O–H groups in total. The molecule has 1 aliphatic heterocycles. The summed E-state index contributed by atoms with van der Waals surface area (Å²) in [7, 11) is 0. The van der Waals surface area contributed by atoms with Gasteiger partial charge in [0, 0.05) is 56.0 Å². The zero-order valence-electron chi connectivity index (χ0n) is 33.9. The molecule has 0 amide bonds. The molecule has 0 unspecified atom stereocenters. The molecule has 6 heteroatoms. The number of nitrogens with zero attached hydrogens (tertiary/aromatic N) is 5. The highest BCUT2D eigenvalue weighted by molar-refractivity contribution is 6.13. The van der Waals surface area contributed by atoms with E-state index in [1.54, 1.807) is 0 Å². The second-order valence-electron chi connectivity index (χ2n) is 16.0. The highest BCUT2D eigenvalue weighted by atomic mass is 16.3. The van der Waals surface area contributed by atoms with Crippen molar-refractivity contribution in [3.05, 3.63) is 212 Å². The Morgan fingerprint density at radius 1 is 0.429 bits per heavy atom. The van der Waals surface area contributed by atoms with Crippen LogP contribution in [0.3, 0.4) is 0 Å².